The molecule has 2 aliphatic heterocycles. The number of aromatic nitrogens is 4. The molecule has 3 aliphatic rings. The maximum Gasteiger partial charge on any atom is 0.267 e. The van der Waals surface area contributed by atoms with Gasteiger partial charge in [-0.3, -0.25) is 9.69 Å². The molecule has 0 radical (unpaired) electrons. The maximum absolute atomic E-state index is 12.5. The monoisotopic (exact) mass is 440 g/mol. The summed E-state index contributed by atoms with van der Waals surface area (Å²) in [6.45, 7) is 3.48. The Balaban J connectivity index is 1.20. The molecular weight excluding hydrogens is 408 g/mol. The second kappa shape index (κ2) is 9.69. The minimum Gasteiger partial charge on any atom is -0.367 e. The first-order chi connectivity index (χ1) is 15.3. The lowest BCUT2D eigenvalue weighted by molar-refractivity contribution is 0.147. The van der Waals surface area contributed by atoms with Crippen molar-refractivity contribution in [1.29, 1.82) is 0 Å². The van der Waals surface area contributed by atoms with Crippen molar-refractivity contribution in [3.05, 3.63) is 45.0 Å². The molecular formula is C23H32N6OS. The molecule has 1 N–H and O–H groups in total. The summed E-state index contributed by atoms with van der Waals surface area (Å²) >= 11 is 1.89. The first-order valence-electron chi connectivity index (χ1n) is 11.8. The van der Waals surface area contributed by atoms with Gasteiger partial charge < -0.3 is 5.32 Å². The predicted molar refractivity (Wildman–Crippen MR) is 125 cm³/mol. The fourth-order valence-corrected chi connectivity index (χ4v) is 5.97. The van der Waals surface area contributed by atoms with E-state index in [1.807, 2.05) is 11.8 Å². The van der Waals surface area contributed by atoms with Gasteiger partial charge in [0, 0.05) is 37.4 Å². The highest BCUT2D eigenvalue weighted by molar-refractivity contribution is 7.98. The second-order valence-corrected chi connectivity index (χ2v) is 10.1. The van der Waals surface area contributed by atoms with E-state index in [1.165, 1.54) is 43.4 Å². The van der Waals surface area contributed by atoms with Crippen LogP contribution in [0.2, 0.25) is 0 Å². The van der Waals surface area contributed by atoms with Crippen LogP contribution in [0.15, 0.2) is 16.9 Å². The lowest BCUT2D eigenvalue weighted by Crippen LogP contribution is -2.46. The third kappa shape index (κ3) is 4.95. The number of anilines is 1. The zero-order valence-electron chi connectivity index (χ0n) is 18.2. The lowest BCUT2D eigenvalue weighted by Gasteiger charge is -2.36. The van der Waals surface area contributed by atoms with Gasteiger partial charge in [0.05, 0.1) is 17.9 Å². The van der Waals surface area contributed by atoms with Crippen molar-refractivity contribution in [1.82, 2.24) is 24.9 Å². The molecule has 1 saturated heterocycles. The van der Waals surface area contributed by atoms with Crippen molar-refractivity contribution in [3.8, 4) is 0 Å². The first kappa shape index (κ1) is 20.9. The topological polar surface area (TPSA) is 75.9 Å². The van der Waals surface area contributed by atoms with Crippen molar-refractivity contribution in [2.24, 2.45) is 0 Å². The molecule has 1 unspecified atom stereocenters. The summed E-state index contributed by atoms with van der Waals surface area (Å²) in [5.41, 5.74) is 4.82. The zero-order valence-corrected chi connectivity index (χ0v) is 19.0. The number of thioether (sulfide) groups is 1. The smallest absolute Gasteiger partial charge is 0.267 e. The van der Waals surface area contributed by atoms with E-state index in [4.69, 9.17) is 0 Å². The predicted octanol–water partition coefficient (Wildman–Crippen LogP) is 2.67. The number of hydrogen-bond acceptors (Lipinski definition) is 7. The second-order valence-electron chi connectivity index (χ2n) is 8.96. The van der Waals surface area contributed by atoms with Crippen molar-refractivity contribution < 1.29 is 0 Å². The molecule has 0 amide bonds. The SMILES string of the molecule is O=c1cc2c(nn1CCN1CCCCC1CNc1cc3c(nn1)CCCC3)CCSC2. The van der Waals surface area contributed by atoms with Gasteiger partial charge in [-0.15, -0.1) is 5.10 Å². The van der Waals surface area contributed by atoms with Crippen LogP contribution in [-0.2, 0) is 31.6 Å². The van der Waals surface area contributed by atoms with E-state index in [-0.39, 0.29) is 5.56 Å². The average molecular weight is 441 g/mol. The number of likely N-dealkylation sites (tertiary alicyclic amines) is 1. The maximum atomic E-state index is 12.5. The van der Waals surface area contributed by atoms with Crippen molar-refractivity contribution in [2.45, 2.75) is 69.7 Å². The summed E-state index contributed by atoms with van der Waals surface area (Å²) in [6, 6.07) is 4.46. The van der Waals surface area contributed by atoms with Crippen LogP contribution in [0.4, 0.5) is 5.82 Å². The normalized spacial score (nSPS) is 21.4. The minimum atomic E-state index is 0.0391. The van der Waals surface area contributed by atoms with E-state index in [0.29, 0.717) is 12.6 Å². The molecule has 0 saturated carbocycles. The van der Waals surface area contributed by atoms with Gasteiger partial charge in [0.25, 0.3) is 5.56 Å². The number of hydrogen-bond donors (Lipinski definition) is 1. The third-order valence-electron chi connectivity index (χ3n) is 6.84. The van der Waals surface area contributed by atoms with Crippen LogP contribution in [0, 0.1) is 0 Å². The van der Waals surface area contributed by atoms with E-state index in [2.05, 4.69) is 31.6 Å². The Morgan fingerprint density at radius 3 is 2.90 bits per heavy atom. The first-order valence-corrected chi connectivity index (χ1v) is 12.9. The van der Waals surface area contributed by atoms with E-state index in [0.717, 1.165) is 67.5 Å². The third-order valence-corrected chi connectivity index (χ3v) is 7.85. The quantitative estimate of drug-likeness (QED) is 0.740. The Kier molecular flexibility index (Phi) is 6.55. The largest absolute Gasteiger partial charge is 0.367 e. The van der Waals surface area contributed by atoms with E-state index in [1.54, 1.807) is 10.7 Å². The van der Waals surface area contributed by atoms with E-state index in [9.17, 15) is 4.79 Å². The summed E-state index contributed by atoms with van der Waals surface area (Å²) in [5, 5.41) is 17.1. The summed E-state index contributed by atoms with van der Waals surface area (Å²) in [6.07, 6.45) is 9.29. The van der Waals surface area contributed by atoms with Gasteiger partial charge in [0.2, 0.25) is 0 Å². The number of fused-ring (bicyclic) bond motifs is 2. The summed E-state index contributed by atoms with van der Waals surface area (Å²) in [5.74, 6) is 2.92. The molecule has 0 bridgehead atoms. The minimum absolute atomic E-state index is 0.0391. The van der Waals surface area contributed by atoms with Gasteiger partial charge in [0.15, 0.2) is 0 Å². The number of nitrogens with one attached hydrogen (secondary N) is 1. The number of piperidine rings is 1. The summed E-state index contributed by atoms with van der Waals surface area (Å²) < 4.78 is 1.68. The Bertz CT molecular complexity index is 977. The lowest BCUT2D eigenvalue weighted by atomic mass is 9.97. The average Bonchev–Trinajstić information content (AvgIpc) is 2.82. The molecule has 166 valence electrons. The fraction of sp³-hybridized carbons (Fsp3) is 0.652. The van der Waals surface area contributed by atoms with Crippen LogP contribution in [0.3, 0.4) is 0 Å². The highest BCUT2D eigenvalue weighted by atomic mass is 32.2. The molecule has 1 atom stereocenters. The van der Waals surface area contributed by atoms with Crippen LogP contribution in [0.1, 0.15) is 54.6 Å². The van der Waals surface area contributed by atoms with Gasteiger partial charge in [-0.25, -0.2) is 4.68 Å². The van der Waals surface area contributed by atoms with E-state index >= 15 is 0 Å². The molecule has 5 rings (SSSR count). The molecule has 8 heteroatoms. The molecule has 2 aromatic heterocycles. The van der Waals surface area contributed by atoms with Crippen LogP contribution in [0.5, 0.6) is 0 Å². The van der Waals surface area contributed by atoms with Crippen molar-refractivity contribution in [2.75, 3.05) is 30.7 Å². The highest BCUT2D eigenvalue weighted by Crippen LogP contribution is 2.23. The van der Waals surface area contributed by atoms with Crippen LogP contribution < -0.4 is 10.9 Å². The molecule has 1 fully saturated rings. The van der Waals surface area contributed by atoms with Crippen molar-refractivity contribution in [3.63, 3.8) is 0 Å². The van der Waals surface area contributed by atoms with Crippen LogP contribution in [-0.4, -0.2) is 56.3 Å². The summed E-state index contributed by atoms with van der Waals surface area (Å²) in [4.78, 5) is 15.0. The number of aryl methyl sites for hydroxylation is 3. The molecule has 31 heavy (non-hydrogen) atoms. The van der Waals surface area contributed by atoms with Crippen molar-refractivity contribution >= 4 is 17.6 Å². The molecule has 7 nitrogen and oxygen atoms in total. The van der Waals surface area contributed by atoms with Gasteiger partial charge in [-0.05, 0) is 68.0 Å². The molecule has 4 heterocycles. The Morgan fingerprint density at radius 1 is 1.00 bits per heavy atom. The summed E-state index contributed by atoms with van der Waals surface area (Å²) in [7, 11) is 0. The zero-order chi connectivity index (χ0) is 21.0. The number of rotatable bonds is 6. The Morgan fingerprint density at radius 2 is 1.94 bits per heavy atom. The highest BCUT2D eigenvalue weighted by Gasteiger charge is 2.23. The Hall–Kier alpha value is -1.93. The van der Waals surface area contributed by atoms with Crippen LogP contribution >= 0.6 is 11.8 Å². The fourth-order valence-electron chi connectivity index (χ4n) is 5.02. The molecule has 0 spiro atoms. The van der Waals surface area contributed by atoms with Gasteiger partial charge >= 0.3 is 0 Å². The van der Waals surface area contributed by atoms with Gasteiger partial charge in [-0.1, -0.05) is 6.42 Å². The molecule has 0 aromatic carbocycles. The Labute approximate surface area is 188 Å². The van der Waals surface area contributed by atoms with E-state index < -0.39 is 0 Å². The van der Waals surface area contributed by atoms with Gasteiger partial charge in [0.1, 0.15) is 5.82 Å². The molecule has 2 aromatic rings. The molecule has 1 aliphatic carbocycles. The van der Waals surface area contributed by atoms with Crippen LogP contribution in [0.25, 0.3) is 0 Å². The standard InChI is InChI=1S/C23H32N6OS/c30-23-14-18-16-31-12-8-21(18)27-29(23)11-10-28-9-4-3-6-19(28)15-24-22-13-17-5-1-2-7-20(17)25-26-22/h13-14,19H,1-12,15-16H2,(H,24,26). The number of nitrogens with zero attached hydrogens (tertiary/aromatic N) is 5. The van der Waals surface area contributed by atoms with Gasteiger partial charge in [-0.2, -0.15) is 22.0 Å².